The maximum atomic E-state index is 14.1. The van der Waals surface area contributed by atoms with Crippen molar-refractivity contribution in [3.8, 4) is 11.4 Å². The predicted molar refractivity (Wildman–Crippen MR) is 105 cm³/mol. The standard InChI is InChI=1S/C21H19FN4O2/c22-17-8-4-5-9-18(17)25-10-12-26(13-11-25)20-16(21(27)28)14-23-19(24-20)15-6-2-1-3-7-15/h1-9,14H,10-13H2,(H,27,28). The zero-order valence-electron chi connectivity index (χ0n) is 15.1. The second-order valence-electron chi connectivity index (χ2n) is 6.53. The molecular formula is C21H19FN4O2. The molecule has 28 heavy (non-hydrogen) atoms. The quantitative estimate of drug-likeness (QED) is 0.751. The van der Waals surface area contributed by atoms with Crippen molar-refractivity contribution in [3.05, 3.63) is 72.2 Å². The van der Waals surface area contributed by atoms with E-state index in [4.69, 9.17) is 0 Å². The van der Waals surface area contributed by atoms with Gasteiger partial charge < -0.3 is 14.9 Å². The molecule has 0 bridgehead atoms. The van der Waals surface area contributed by atoms with Crippen LogP contribution in [-0.4, -0.2) is 47.2 Å². The lowest BCUT2D eigenvalue weighted by molar-refractivity contribution is 0.0696. The first-order valence-corrected chi connectivity index (χ1v) is 9.03. The van der Waals surface area contributed by atoms with Crippen molar-refractivity contribution in [2.45, 2.75) is 0 Å². The first-order chi connectivity index (χ1) is 13.6. The van der Waals surface area contributed by atoms with E-state index in [9.17, 15) is 14.3 Å². The molecule has 6 nitrogen and oxygen atoms in total. The number of piperazine rings is 1. The van der Waals surface area contributed by atoms with Gasteiger partial charge >= 0.3 is 5.97 Å². The molecule has 0 aliphatic carbocycles. The third kappa shape index (κ3) is 3.51. The Morgan fingerprint density at radius 2 is 1.57 bits per heavy atom. The number of aromatic nitrogens is 2. The van der Waals surface area contributed by atoms with Crippen molar-refractivity contribution in [2.24, 2.45) is 0 Å². The highest BCUT2D eigenvalue weighted by atomic mass is 19.1. The molecule has 0 radical (unpaired) electrons. The van der Waals surface area contributed by atoms with Gasteiger partial charge in [0.1, 0.15) is 17.2 Å². The van der Waals surface area contributed by atoms with Gasteiger partial charge in [0.2, 0.25) is 0 Å². The van der Waals surface area contributed by atoms with E-state index >= 15 is 0 Å². The lowest BCUT2D eigenvalue weighted by Gasteiger charge is -2.37. The second kappa shape index (κ2) is 7.64. The number of para-hydroxylation sites is 1. The molecule has 0 unspecified atom stereocenters. The van der Waals surface area contributed by atoms with E-state index in [0.29, 0.717) is 43.5 Å². The molecule has 142 valence electrons. The monoisotopic (exact) mass is 378 g/mol. The molecule has 1 N–H and O–H groups in total. The van der Waals surface area contributed by atoms with E-state index in [1.165, 1.54) is 12.3 Å². The third-order valence-corrected chi connectivity index (χ3v) is 4.80. The molecule has 1 aliphatic heterocycles. The van der Waals surface area contributed by atoms with E-state index in [-0.39, 0.29) is 11.4 Å². The Morgan fingerprint density at radius 1 is 0.929 bits per heavy atom. The van der Waals surface area contributed by atoms with Crippen LogP contribution >= 0.6 is 0 Å². The van der Waals surface area contributed by atoms with Crippen LogP contribution in [0.3, 0.4) is 0 Å². The maximum absolute atomic E-state index is 14.1. The number of carboxylic acid groups (broad SMARTS) is 1. The fourth-order valence-corrected chi connectivity index (χ4v) is 3.36. The maximum Gasteiger partial charge on any atom is 0.341 e. The number of anilines is 2. The Bertz CT molecular complexity index is 989. The Morgan fingerprint density at radius 3 is 2.25 bits per heavy atom. The molecule has 0 spiro atoms. The lowest BCUT2D eigenvalue weighted by Crippen LogP contribution is -2.47. The zero-order valence-corrected chi connectivity index (χ0v) is 15.1. The van der Waals surface area contributed by atoms with E-state index in [2.05, 4.69) is 9.97 Å². The van der Waals surface area contributed by atoms with Crippen molar-refractivity contribution in [1.82, 2.24) is 9.97 Å². The number of hydrogen-bond acceptors (Lipinski definition) is 5. The van der Waals surface area contributed by atoms with Gasteiger partial charge in [-0.3, -0.25) is 0 Å². The lowest BCUT2D eigenvalue weighted by atomic mass is 10.2. The Balaban J connectivity index is 1.60. The largest absolute Gasteiger partial charge is 0.477 e. The van der Waals surface area contributed by atoms with Crippen molar-refractivity contribution >= 4 is 17.5 Å². The van der Waals surface area contributed by atoms with Crippen molar-refractivity contribution in [3.63, 3.8) is 0 Å². The minimum absolute atomic E-state index is 0.0685. The van der Waals surface area contributed by atoms with Gasteiger partial charge in [0.25, 0.3) is 0 Å². The van der Waals surface area contributed by atoms with Crippen molar-refractivity contribution < 1.29 is 14.3 Å². The minimum Gasteiger partial charge on any atom is -0.477 e. The van der Waals surface area contributed by atoms with Crippen LogP contribution in [0.4, 0.5) is 15.9 Å². The van der Waals surface area contributed by atoms with Crippen LogP contribution in [-0.2, 0) is 0 Å². The molecule has 1 aromatic heterocycles. The number of halogens is 1. The van der Waals surface area contributed by atoms with Crippen LogP contribution in [0.5, 0.6) is 0 Å². The number of aromatic carboxylic acids is 1. The SMILES string of the molecule is O=C(O)c1cnc(-c2ccccc2)nc1N1CCN(c2ccccc2F)CC1. The van der Waals surface area contributed by atoms with Gasteiger partial charge in [-0.1, -0.05) is 42.5 Å². The number of rotatable bonds is 4. The highest BCUT2D eigenvalue weighted by Crippen LogP contribution is 2.26. The molecule has 7 heteroatoms. The Kier molecular flexibility index (Phi) is 4.89. The normalized spacial score (nSPS) is 14.2. The molecule has 1 fully saturated rings. The van der Waals surface area contributed by atoms with Gasteiger partial charge in [-0.05, 0) is 12.1 Å². The summed E-state index contributed by atoms with van der Waals surface area (Å²) in [5, 5.41) is 9.56. The first kappa shape index (κ1) is 17.9. The molecule has 4 rings (SSSR count). The Hall–Kier alpha value is -3.48. The molecule has 0 atom stereocenters. The number of nitrogens with zero attached hydrogens (tertiary/aromatic N) is 4. The van der Waals surface area contributed by atoms with Gasteiger partial charge in [-0.25, -0.2) is 19.2 Å². The summed E-state index contributed by atoms with van der Waals surface area (Å²) in [5.41, 5.74) is 1.46. The number of benzene rings is 2. The van der Waals surface area contributed by atoms with E-state index in [1.807, 2.05) is 46.2 Å². The number of carboxylic acids is 1. The smallest absolute Gasteiger partial charge is 0.341 e. The third-order valence-electron chi connectivity index (χ3n) is 4.80. The molecule has 0 saturated carbocycles. The fraction of sp³-hybridized carbons (Fsp3) is 0.190. The van der Waals surface area contributed by atoms with Crippen molar-refractivity contribution in [2.75, 3.05) is 36.0 Å². The van der Waals surface area contributed by atoms with E-state index in [0.717, 1.165) is 5.56 Å². The molecule has 3 aromatic rings. The van der Waals surface area contributed by atoms with Gasteiger partial charge in [-0.15, -0.1) is 0 Å². The molecule has 2 aromatic carbocycles. The summed E-state index contributed by atoms with van der Waals surface area (Å²) in [6, 6.07) is 16.1. The van der Waals surface area contributed by atoms with E-state index < -0.39 is 5.97 Å². The van der Waals surface area contributed by atoms with Gasteiger partial charge in [-0.2, -0.15) is 0 Å². The molecular weight excluding hydrogens is 359 g/mol. The molecule has 0 amide bonds. The predicted octanol–water partition coefficient (Wildman–Crippen LogP) is 3.31. The van der Waals surface area contributed by atoms with Crippen LogP contribution < -0.4 is 9.80 Å². The minimum atomic E-state index is -1.06. The summed E-state index contributed by atoms with van der Waals surface area (Å²) in [5.74, 6) is -0.437. The van der Waals surface area contributed by atoms with Crippen molar-refractivity contribution in [1.29, 1.82) is 0 Å². The average Bonchev–Trinajstić information content (AvgIpc) is 2.74. The summed E-state index contributed by atoms with van der Waals surface area (Å²) < 4.78 is 14.1. The first-order valence-electron chi connectivity index (χ1n) is 9.03. The highest BCUT2D eigenvalue weighted by Gasteiger charge is 2.25. The molecule has 2 heterocycles. The summed E-state index contributed by atoms with van der Waals surface area (Å²) in [6.45, 7) is 2.23. The topological polar surface area (TPSA) is 69.6 Å². The summed E-state index contributed by atoms with van der Waals surface area (Å²) in [4.78, 5) is 24.3. The highest BCUT2D eigenvalue weighted by molar-refractivity contribution is 5.93. The second-order valence-corrected chi connectivity index (χ2v) is 6.53. The van der Waals surface area contributed by atoms with Crippen LogP contribution in [0.25, 0.3) is 11.4 Å². The number of carbonyl (C=O) groups is 1. The van der Waals surface area contributed by atoms with Crippen LogP contribution in [0.2, 0.25) is 0 Å². The zero-order chi connectivity index (χ0) is 19.5. The van der Waals surface area contributed by atoms with Crippen LogP contribution in [0.15, 0.2) is 60.8 Å². The summed E-state index contributed by atoms with van der Waals surface area (Å²) in [7, 11) is 0. The number of hydrogen-bond donors (Lipinski definition) is 1. The van der Waals surface area contributed by atoms with Gasteiger partial charge in [0.05, 0.1) is 5.69 Å². The van der Waals surface area contributed by atoms with Gasteiger partial charge in [0.15, 0.2) is 5.82 Å². The van der Waals surface area contributed by atoms with Crippen LogP contribution in [0.1, 0.15) is 10.4 Å². The van der Waals surface area contributed by atoms with Gasteiger partial charge in [0, 0.05) is 37.9 Å². The fourth-order valence-electron chi connectivity index (χ4n) is 3.36. The average molecular weight is 378 g/mol. The molecule has 1 aliphatic rings. The Labute approximate surface area is 161 Å². The molecule has 1 saturated heterocycles. The summed E-state index contributed by atoms with van der Waals surface area (Å²) >= 11 is 0. The van der Waals surface area contributed by atoms with E-state index in [1.54, 1.807) is 12.1 Å². The van der Waals surface area contributed by atoms with Crippen LogP contribution in [0, 0.1) is 5.82 Å². The summed E-state index contributed by atoms with van der Waals surface area (Å²) in [6.07, 6.45) is 1.36.